The van der Waals surface area contributed by atoms with E-state index in [1.807, 2.05) is 19.1 Å². The van der Waals surface area contributed by atoms with Gasteiger partial charge < -0.3 is 5.43 Å². The Kier molecular flexibility index (Phi) is 2.69. The van der Waals surface area contributed by atoms with Crippen LogP contribution in [-0.2, 0) is 0 Å². The SMILES string of the molecule is Cc1cc2ccc(Cl)c(Cl)c2nc1NN. The summed E-state index contributed by atoms with van der Waals surface area (Å²) >= 11 is 11.9. The second kappa shape index (κ2) is 3.85. The Morgan fingerprint density at radius 1 is 1.33 bits per heavy atom. The summed E-state index contributed by atoms with van der Waals surface area (Å²) in [6, 6.07) is 5.59. The Labute approximate surface area is 97.2 Å². The van der Waals surface area contributed by atoms with Crippen LogP contribution in [0.2, 0.25) is 10.0 Å². The van der Waals surface area contributed by atoms with Crippen LogP contribution in [0, 0.1) is 6.92 Å². The second-order valence-corrected chi connectivity index (χ2v) is 4.02. The van der Waals surface area contributed by atoms with Gasteiger partial charge in [-0.2, -0.15) is 0 Å². The summed E-state index contributed by atoms with van der Waals surface area (Å²) in [6.07, 6.45) is 0. The van der Waals surface area contributed by atoms with Gasteiger partial charge in [0.15, 0.2) is 0 Å². The van der Waals surface area contributed by atoms with Crippen LogP contribution in [0.3, 0.4) is 0 Å². The van der Waals surface area contributed by atoms with Crippen molar-refractivity contribution in [1.82, 2.24) is 4.98 Å². The molecule has 2 rings (SSSR count). The monoisotopic (exact) mass is 241 g/mol. The maximum Gasteiger partial charge on any atom is 0.143 e. The topological polar surface area (TPSA) is 50.9 Å². The molecule has 15 heavy (non-hydrogen) atoms. The number of nitrogens with zero attached hydrogens (tertiary/aromatic N) is 1. The quantitative estimate of drug-likeness (QED) is 0.596. The lowest BCUT2D eigenvalue weighted by Gasteiger charge is -2.07. The molecule has 0 saturated carbocycles. The normalized spacial score (nSPS) is 10.7. The third-order valence-electron chi connectivity index (χ3n) is 2.21. The number of hydrogen-bond acceptors (Lipinski definition) is 3. The summed E-state index contributed by atoms with van der Waals surface area (Å²) in [5.41, 5.74) is 4.14. The number of hydrogen-bond donors (Lipinski definition) is 2. The molecule has 1 aromatic carbocycles. The zero-order valence-electron chi connectivity index (χ0n) is 8.01. The summed E-state index contributed by atoms with van der Waals surface area (Å²) in [5.74, 6) is 5.94. The van der Waals surface area contributed by atoms with E-state index in [9.17, 15) is 0 Å². The Bertz CT molecular complexity index is 526. The fourth-order valence-corrected chi connectivity index (χ4v) is 1.80. The number of pyridine rings is 1. The first-order chi connectivity index (χ1) is 7.13. The Hall–Kier alpha value is -1.03. The molecule has 3 nitrogen and oxygen atoms in total. The average molecular weight is 242 g/mol. The van der Waals surface area contributed by atoms with Gasteiger partial charge in [0.2, 0.25) is 0 Å². The summed E-state index contributed by atoms with van der Waals surface area (Å²) in [6.45, 7) is 1.92. The molecule has 2 aromatic rings. The summed E-state index contributed by atoms with van der Waals surface area (Å²) < 4.78 is 0. The number of hydrazine groups is 1. The second-order valence-electron chi connectivity index (χ2n) is 3.23. The summed E-state index contributed by atoms with van der Waals surface area (Å²) in [7, 11) is 0. The number of aromatic nitrogens is 1. The van der Waals surface area contributed by atoms with Crippen molar-refractivity contribution in [3.8, 4) is 0 Å². The van der Waals surface area contributed by atoms with Crippen LogP contribution in [0.25, 0.3) is 10.9 Å². The molecule has 3 N–H and O–H groups in total. The molecule has 0 radical (unpaired) electrons. The highest BCUT2D eigenvalue weighted by Crippen LogP contribution is 2.31. The van der Waals surface area contributed by atoms with Crippen LogP contribution in [0.1, 0.15) is 5.56 Å². The molecule has 5 heteroatoms. The van der Waals surface area contributed by atoms with E-state index in [0.29, 0.717) is 21.4 Å². The van der Waals surface area contributed by atoms with E-state index >= 15 is 0 Å². The molecule has 0 bridgehead atoms. The van der Waals surface area contributed by atoms with Gasteiger partial charge in [0, 0.05) is 5.39 Å². The molecule has 1 heterocycles. The average Bonchev–Trinajstić information content (AvgIpc) is 2.23. The van der Waals surface area contributed by atoms with Gasteiger partial charge >= 0.3 is 0 Å². The molecule has 0 atom stereocenters. The summed E-state index contributed by atoms with van der Waals surface area (Å²) in [5, 5.41) is 1.88. The largest absolute Gasteiger partial charge is 0.308 e. The van der Waals surface area contributed by atoms with Crippen molar-refractivity contribution in [3.63, 3.8) is 0 Å². The molecule has 0 aliphatic carbocycles. The van der Waals surface area contributed by atoms with E-state index in [4.69, 9.17) is 29.0 Å². The van der Waals surface area contributed by atoms with E-state index in [1.54, 1.807) is 6.07 Å². The van der Waals surface area contributed by atoms with Crippen molar-refractivity contribution < 1.29 is 0 Å². The maximum atomic E-state index is 6.04. The fraction of sp³-hybridized carbons (Fsp3) is 0.100. The zero-order valence-corrected chi connectivity index (χ0v) is 9.52. The molecule has 0 aliphatic rings. The molecular weight excluding hydrogens is 233 g/mol. The third kappa shape index (κ3) is 1.74. The lowest BCUT2D eigenvalue weighted by molar-refractivity contribution is 1.23. The Balaban J connectivity index is 2.82. The first-order valence-electron chi connectivity index (χ1n) is 4.35. The lowest BCUT2D eigenvalue weighted by atomic mass is 10.1. The van der Waals surface area contributed by atoms with Crippen molar-refractivity contribution >= 4 is 39.9 Å². The smallest absolute Gasteiger partial charge is 0.143 e. The number of benzene rings is 1. The molecule has 1 aromatic heterocycles. The minimum absolute atomic E-state index is 0.450. The highest BCUT2D eigenvalue weighted by Gasteiger charge is 2.08. The number of rotatable bonds is 1. The van der Waals surface area contributed by atoms with Gasteiger partial charge in [-0.1, -0.05) is 29.3 Å². The molecule has 0 unspecified atom stereocenters. The molecule has 0 fully saturated rings. The summed E-state index contributed by atoms with van der Waals surface area (Å²) in [4.78, 5) is 4.30. The Morgan fingerprint density at radius 2 is 2.07 bits per heavy atom. The van der Waals surface area contributed by atoms with Crippen LogP contribution < -0.4 is 11.3 Å². The van der Waals surface area contributed by atoms with Crippen LogP contribution in [0.5, 0.6) is 0 Å². The van der Waals surface area contributed by atoms with Crippen LogP contribution in [0.4, 0.5) is 5.82 Å². The van der Waals surface area contributed by atoms with Crippen molar-refractivity contribution in [1.29, 1.82) is 0 Å². The van der Waals surface area contributed by atoms with Gasteiger partial charge in [0.1, 0.15) is 5.82 Å². The standard InChI is InChI=1S/C10H9Cl2N3/c1-5-4-6-2-3-7(11)8(12)9(6)14-10(5)15-13/h2-4H,13H2,1H3,(H,14,15). The van der Waals surface area contributed by atoms with E-state index in [2.05, 4.69) is 10.4 Å². The maximum absolute atomic E-state index is 6.04. The number of nitrogen functional groups attached to an aromatic ring is 1. The van der Waals surface area contributed by atoms with Crippen molar-refractivity contribution in [3.05, 3.63) is 33.8 Å². The van der Waals surface area contributed by atoms with Crippen LogP contribution in [0.15, 0.2) is 18.2 Å². The highest BCUT2D eigenvalue weighted by atomic mass is 35.5. The third-order valence-corrected chi connectivity index (χ3v) is 3.00. The molecule has 78 valence electrons. The van der Waals surface area contributed by atoms with Gasteiger partial charge in [0.05, 0.1) is 15.6 Å². The number of nitrogens with one attached hydrogen (secondary N) is 1. The predicted molar refractivity (Wildman–Crippen MR) is 64.3 cm³/mol. The minimum Gasteiger partial charge on any atom is -0.308 e. The van der Waals surface area contributed by atoms with E-state index in [1.165, 1.54) is 0 Å². The molecule has 0 saturated heterocycles. The van der Waals surface area contributed by atoms with Gasteiger partial charge in [-0.25, -0.2) is 10.8 Å². The van der Waals surface area contributed by atoms with Crippen LogP contribution in [-0.4, -0.2) is 4.98 Å². The fourth-order valence-electron chi connectivity index (χ4n) is 1.43. The number of aryl methyl sites for hydroxylation is 1. The highest BCUT2D eigenvalue weighted by molar-refractivity contribution is 6.45. The van der Waals surface area contributed by atoms with Gasteiger partial charge in [-0.15, -0.1) is 0 Å². The lowest BCUT2D eigenvalue weighted by Crippen LogP contribution is -2.10. The molecule has 0 aliphatic heterocycles. The predicted octanol–water partition coefficient (Wildman–Crippen LogP) is 3.14. The van der Waals surface area contributed by atoms with Crippen molar-refractivity contribution in [2.24, 2.45) is 5.84 Å². The van der Waals surface area contributed by atoms with Crippen molar-refractivity contribution in [2.45, 2.75) is 6.92 Å². The molecule has 0 amide bonds. The van der Waals surface area contributed by atoms with Gasteiger partial charge in [-0.3, -0.25) is 0 Å². The zero-order chi connectivity index (χ0) is 11.0. The van der Waals surface area contributed by atoms with E-state index < -0.39 is 0 Å². The minimum atomic E-state index is 0.450. The number of fused-ring (bicyclic) bond motifs is 1. The van der Waals surface area contributed by atoms with Gasteiger partial charge in [-0.05, 0) is 24.6 Å². The van der Waals surface area contributed by atoms with Gasteiger partial charge in [0.25, 0.3) is 0 Å². The first kappa shape index (κ1) is 10.5. The number of halogens is 2. The molecule has 0 spiro atoms. The number of anilines is 1. The van der Waals surface area contributed by atoms with Crippen molar-refractivity contribution in [2.75, 3.05) is 5.43 Å². The first-order valence-corrected chi connectivity index (χ1v) is 5.11. The Morgan fingerprint density at radius 3 is 2.73 bits per heavy atom. The molecular formula is C10H9Cl2N3. The van der Waals surface area contributed by atoms with E-state index in [0.717, 1.165) is 10.9 Å². The van der Waals surface area contributed by atoms with E-state index in [-0.39, 0.29) is 0 Å². The van der Waals surface area contributed by atoms with Crippen LogP contribution >= 0.6 is 23.2 Å². The number of nitrogens with two attached hydrogens (primary N) is 1.